The van der Waals surface area contributed by atoms with Gasteiger partial charge in [-0.1, -0.05) is 6.92 Å². The predicted molar refractivity (Wildman–Crippen MR) is 76.8 cm³/mol. The van der Waals surface area contributed by atoms with Gasteiger partial charge in [0.2, 0.25) is 10.0 Å². The molecule has 1 aliphatic rings. The molecule has 0 aliphatic carbocycles. The van der Waals surface area contributed by atoms with Gasteiger partial charge < -0.3 is 5.11 Å². The van der Waals surface area contributed by atoms with Crippen molar-refractivity contribution in [1.82, 2.24) is 4.31 Å². The van der Waals surface area contributed by atoms with Gasteiger partial charge in [-0.2, -0.15) is 4.31 Å². The molecule has 0 saturated carbocycles. The number of carboxylic acid groups (broad SMARTS) is 1. The van der Waals surface area contributed by atoms with Gasteiger partial charge in [-0.05, 0) is 24.5 Å². The first-order valence-corrected chi connectivity index (χ1v) is 8.13. The minimum Gasteiger partial charge on any atom is -0.481 e. The van der Waals surface area contributed by atoms with Crippen LogP contribution in [0.15, 0.2) is 29.2 Å². The van der Waals surface area contributed by atoms with Crippen LogP contribution in [0.1, 0.15) is 13.3 Å². The van der Waals surface area contributed by atoms with E-state index in [1.54, 1.807) is 6.92 Å². The minimum absolute atomic E-state index is 0.0670. The molecular formula is C13H16N2O6S. The molecule has 22 heavy (non-hydrogen) atoms. The number of benzene rings is 1. The van der Waals surface area contributed by atoms with Crippen molar-refractivity contribution in [2.45, 2.75) is 18.2 Å². The van der Waals surface area contributed by atoms with Gasteiger partial charge in [0.25, 0.3) is 5.69 Å². The molecule has 8 nitrogen and oxygen atoms in total. The lowest BCUT2D eigenvalue weighted by Gasteiger charge is -2.33. The monoisotopic (exact) mass is 328 g/mol. The third-order valence-electron chi connectivity index (χ3n) is 3.66. The molecule has 0 bridgehead atoms. The number of non-ortho nitro benzene ring substituents is 1. The van der Waals surface area contributed by atoms with E-state index >= 15 is 0 Å². The Labute approximate surface area is 127 Å². The van der Waals surface area contributed by atoms with Crippen molar-refractivity contribution < 1.29 is 23.2 Å². The number of hydrogen-bond donors (Lipinski definition) is 1. The summed E-state index contributed by atoms with van der Waals surface area (Å²) in [4.78, 5) is 21.1. The molecule has 1 fully saturated rings. The van der Waals surface area contributed by atoms with Crippen LogP contribution in [0.25, 0.3) is 0 Å². The number of nitro groups is 1. The highest BCUT2D eigenvalue weighted by Crippen LogP contribution is 2.27. The van der Waals surface area contributed by atoms with E-state index in [4.69, 9.17) is 5.11 Å². The van der Waals surface area contributed by atoms with Gasteiger partial charge in [-0.25, -0.2) is 8.42 Å². The number of carbonyl (C=O) groups is 1. The Balaban J connectivity index is 2.28. The lowest BCUT2D eigenvalue weighted by molar-refractivity contribution is -0.384. The summed E-state index contributed by atoms with van der Waals surface area (Å²) in [6, 6.07) is 4.58. The number of nitro benzene ring substituents is 1. The molecule has 1 aromatic carbocycles. The second-order valence-electron chi connectivity index (χ2n) is 5.45. The Hall–Kier alpha value is -2.00. The largest absolute Gasteiger partial charge is 0.481 e. The molecule has 0 spiro atoms. The Bertz CT molecular complexity index is 685. The van der Waals surface area contributed by atoms with Gasteiger partial charge in [0.1, 0.15) is 0 Å². The van der Waals surface area contributed by atoms with E-state index in [1.807, 2.05) is 0 Å². The highest BCUT2D eigenvalue weighted by atomic mass is 32.2. The summed E-state index contributed by atoms with van der Waals surface area (Å²) in [5, 5.41) is 19.7. The summed E-state index contributed by atoms with van der Waals surface area (Å²) in [6.45, 7) is 1.95. The van der Waals surface area contributed by atoms with Gasteiger partial charge in [0, 0.05) is 25.2 Å². The maximum absolute atomic E-state index is 12.5. The topological polar surface area (TPSA) is 118 Å². The fourth-order valence-corrected chi connectivity index (χ4v) is 4.17. The van der Waals surface area contributed by atoms with Gasteiger partial charge in [-0.3, -0.25) is 14.9 Å². The zero-order valence-corrected chi connectivity index (χ0v) is 12.7. The van der Waals surface area contributed by atoms with E-state index in [9.17, 15) is 23.3 Å². The summed E-state index contributed by atoms with van der Waals surface area (Å²) in [5.74, 6) is -1.82. The number of sulfonamides is 1. The van der Waals surface area contributed by atoms with Crippen molar-refractivity contribution in [3.63, 3.8) is 0 Å². The number of rotatable bonds is 4. The molecular weight excluding hydrogens is 312 g/mol. The molecule has 1 heterocycles. The lowest BCUT2D eigenvalue weighted by atomic mass is 9.92. The molecule has 2 rings (SSSR count). The van der Waals surface area contributed by atoms with Crippen molar-refractivity contribution >= 4 is 21.7 Å². The quantitative estimate of drug-likeness (QED) is 0.658. The molecule has 0 radical (unpaired) electrons. The summed E-state index contributed by atoms with van der Waals surface area (Å²) in [7, 11) is -3.86. The lowest BCUT2D eigenvalue weighted by Crippen LogP contribution is -2.45. The van der Waals surface area contributed by atoms with Crippen LogP contribution in [-0.2, 0) is 14.8 Å². The number of piperidine rings is 1. The fraction of sp³-hybridized carbons (Fsp3) is 0.462. The van der Waals surface area contributed by atoms with Crippen LogP contribution < -0.4 is 0 Å². The maximum atomic E-state index is 12.5. The third kappa shape index (κ3) is 3.25. The van der Waals surface area contributed by atoms with Gasteiger partial charge in [0.05, 0.1) is 15.7 Å². The van der Waals surface area contributed by atoms with Crippen LogP contribution in [0.2, 0.25) is 0 Å². The van der Waals surface area contributed by atoms with Crippen molar-refractivity contribution in [2.75, 3.05) is 13.1 Å². The van der Waals surface area contributed by atoms with E-state index in [0.717, 1.165) is 16.4 Å². The normalized spacial score (nSPS) is 23.1. The Morgan fingerprint density at radius 3 is 2.41 bits per heavy atom. The van der Waals surface area contributed by atoms with E-state index in [1.165, 1.54) is 12.1 Å². The van der Waals surface area contributed by atoms with E-state index in [0.29, 0.717) is 6.42 Å². The number of carboxylic acids is 1. The molecule has 2 atom stereocenters. The summed E-state index contributed by atoms with van der Waals surface area (Å²) in [6.07, 6.45) is 0.432. The zero-order chi connectivity index (χ0) is 16.5. The summed E-state index contributed by atoms with van der Waals surface area (Å²) in [5.41, 5.74) is -0.200. The van der Waals surface area contributed by atoms with Crippen molar-refractivity contribution in [2.24, 2.45) is 11.8 Å². The second kappa shape index (κ2) is 6.01. The van der Waals surface area contributed by atoms with E-state index < -0.39 is 26.8 Å². The smallest absolute Gasteiger partial charge is 0.307 e. The molecule has 1 saturated heterocycles. The fourth-order valence-electron chi connectivity index (χ4n) is 2.57. The van der Waals surface area contributed by atoms with Crippen LogP contribution in [0, 0.1) is 22.0 Å². The highest BCUT2D eigenvalue weighted by molar-refractivity contribution is 7.89. The first kappa shape index (κ1) is 16.4. The van der Waals surface area contributed by atoms with Crippen LogP contribution in [0.5, 0.6) is 0 Å². The van der Waals surface area contributed by atoms with Crippen molar-refractivity contribution in [3.8, 4) is 0 Å². The van der Waals surface area contributed by atoms with Crippen molar-refractivity contribution in [3.05, 3.63) is 34.4 Å². The summed E-state index contributed by atoms with van der Waals surface area (Å²) >= 11 is 0. The molecule has 9 heteroatoms. The Morgan fingerprint density at radius 1 is 1.32 bits per heavy atom. The van der Waals surface area contributed by atoms with Crippen LogP contribution in [0.3, 0.4) is 0 Å². The van der Waals surface area contributed by atoms with Crippen LogP contribution in [0.4, 0.5) is 5.69 Å². The molecule has 1 aromatic rings. The molecule has 0 amide bonds. The second-order valence-corrected chi connectivity index (χ2v) is 7.39. The van der Waals surface area contributed by atoms with Gasteiger partial charge in [-0.15, -0.1) is 0 Å². The maximum Gasteiger partial charge on any atom is 0.307 e. The minimum atomic E-state index is -3.86. The van der Waals surface area contributed by atoms with Crippen LogP contribution in [-0.4, -0.2) is 41.8 Å². The first-order chi connectivity index (χ1) is 10.2. The average Bonchev–Trinajstić information content (AvgIpc) is 2.46. The standard InChI is InChI=1S/C13H16N2O6S/c1-9-6-10(13(16)17)8-14(7-9)22(20,21)12-4-2-11(3-5-12)15(18)19/h2-5,9-10H,6-8H2,1H3,(H,16,17). The molecule has 0 aromatic heterocycles. The molecule has 1 aliphatic heterocycles. The molecule has 2 unspecified atom stereocenters. The molecule has 1 N–H and O–H groups in total. The molecule has 120 valence electrons. The Morgan fingerprint density at radius 2 is 1.91 bits per heavy atom. The summed E-state index contributed by atoms with van der Waals surface area (Å²) < 4.78 is 26.2. The third-order valence-corrected chi connectivity index (χ3v) is 5.51. The highest BCUT2D eigenvalue weighted by Gasteiger charge is 2.36. The Kier molecular flexibility index (Phi) is 4.47. The number of hydrogen-bond acceptors (Lipinski definition) is 5. The SMILES string of the molecule is CC1CC(C(=O)O)CN(S(=O)(=O)c2ccc([N+](=O)[O-])cc2)C1. The van der Waals surface area contributed by atoms with Crippen molar-refractivity contribution in [1.29, 1.82) is 0 Å². The van der Waals surface area contributed by atoms with Crippen LogP contribution >= 0.6 is 0 Å². The number of nitrogens with zero attached hydrogens (tertiary/aromatic N) is 2. The average molecular weight is 328 g/mol. The number of aliphatic carboxylic acids is 1. The first-order valence-electron chi connectivity index (χ1n) is 6.69. The zero-order valence-electron chi connectivity index (χ0n) is 11.9. The van der Waals surface area contributed by atoms with E-state index in [2.05, 4.69) is 0 Å². The predicted octanol–water partition coefficient (Wildman–Crippen LogP) is 1.33. The van der Waals surface area contributed by atoms with Gasteiger partial charge in [0.15, 0.2) is 0 Å². The van der Waals surface area contributed by atoms with E-state index in [-0.39, 0.29) is 29.6 Å². The van der Waals surface area contributed by atoms with Gasteiger partial charge >= 0.3 is 5.97 Å².